The summed E-state index contributed by atoms with van der Waals surface area (Å²) in [7, 11) is 0. The molecule has 0 saturated carbocycles. The molecule has 0 saturated heterocycles. The number of aromatic nitrogens is 1. The lowest BCUT2D eigenvalue weighted by molar-refractivity contribution is 0.102. The summed E-state index contributed by atoms with van der Waals surface area (Å²) in [6, 6.07) is 19.2. The van der Waals surface area contributed by atoms with Gasteiger partial charge in [-0.15, -0.1) is 0 Å². The molecule has 2 aromatic carbocycles. The molecule has 22 heavy (non-hydrogen) atoms. The van der Waals surface area contributed by atoms with Gasteiger partial charge >= 0.3 is 0 Å². The molecule has 0 N–H and O–H groups in total. The van der Waals surface area contributed by atoms with Crippen molar-refractivity contribution in [2.45, 2.75) is 6.61 Å². The third-order valence-corrected chi connectivity index (χ3v) is 3.87. The van der Waals surface area contributed by atoms with Crippen LogP contribution in [0.5, 0.6) is 5.88 Å². The van der Waals surface area contributed by atoms with E-state index in [0.717, 1.165) is 16.5 Å². The van der Waals surface area contributed by atoms with E-state index in [2.05, 4.69) is 20.9 Å². The summed E-state index contributed by atoms with van der Waals surface area (Å²) in [5.41, 5.74) is 2.53. The van der Waals surface area contributed by atoms with Crippen LogP contribution in [-0.2, 0) is 6.61 Å². The highest BCUT2D eigenvalue weighted by Gasteiger charge is 2.10. The van der Waals surface area contributed by atoms with Crippen molar-refractivity contribution in [3.63, 3.8) is 0 Å². The largest absolute Gasteiger partial charge is 0.473 e. The summed E-state index contributed by atoms with van der Waals surface area (Å²) in [5.74, 6) is 0.602. The molecule has 0 spiro atoms. The summed E-state index contributed by atoms with van der Waals surface area (Å²) in [4.78, 5) is 16.4. The fraction of sp³-hybridized carbons (Fsp3) is 0.111. The first-order chi connectivity index (χ1) is 10.8. The van der Waals surface area contributed by atoms with Gasteiger partial charge in [-0.3, -0.25) is 4.79 Å². The zero-order chi connectivity index (χ0) is 15.4. The summed E-state index contributed by atoms with van der Waals surface area (Å²) >= 11 is 3.21. The molecule has 0 aliphatic carbocycles. The lowest BCUT2D eigenvalue weighted by Gasteiger charge is -2.08. The van der Waals surface area contributed by atoms with Gasteiger partial charge in [-0.25, -0.2) is 4.98 Å². The van der Waals surface area contributed by atoms with E-state index < -0.39 is 0 Å². The van der Waals surface area contributed by atoms with Gasteiger partial charge in [0.05, 0.1) is 10.8 Å². The normalized spacial score (nSPS) is 10.6. The molecular weight excluding hydrogens is 342 g/mol. The van der Waals surface area contributed by atoms with Crippen LogP contribution in [0.4, 0.5) is 0 Å². The average Bonchev–Trinajstić information content (AvgIpc) is 2.59. The van der Waals surface area contributed by atoms with E-state index in [0.29, 0.717) is 23.4 Å². The second kappa shape index (κ2) is 6.71. The minimum Gasteiger partial charge on any atom is -0.473 e. The van der Waals surface area contributed by atoms with E-state index in [9.17, 15) is 4.79 Å². The van der Waals surface area contributed by atoms with Gasteiger partial charge in [0.1, 0.15) is 6.61 Å². The van der Waals surface area contributed by atoms with Crippen molar-refractivity contribution >= 4 is 32.6 Å². The molecule has 4 heteroatoms. The summed E-state index contributed by atoms with van der Waals surface area (Å²) in [6.45, 7) is 0.472. The van der Waals surface area contributed by atoms with Gasteiger partial charge in [-0.1, -0.05) is 58.4 Å². The van der Waals surface area contributed by atoms with Crippen molar-refractivity contribution in [3.8, 4) is 5.88 Å². The third kappa shape index (κ3) is 3.17. The first kappa shape index (κ1) is 14.7. The second-order valence-electron chi connectivity index (χ2n) is 4.85. The van der Waals surface area contributed by atoms with Crippen LogP contribution < -0.4 is 4.74 Å². The lowest BCUT2D eigenvalue weighted by Crippen LogP contribution is -2.02. The lowest BCUT2D eigenvalue weighted by atomic mass is 10.1. The predicted octanol–water partition coefficient (Wildman–Crippen LogP) is 4.39. The number of benzene rings is 2. The number of hydrogen-bond donors (Lipinski definition) is 0. The average molecular weight is 356 g/mol. The topological polar surface area (TPSA) is 39.2 Å². The summed E-state index contributed by atoms with van der Waals surface area (Å²) in [5, 5.41) is 1.15. The van der Waals surface area contributed by atoms with E-state index in [-0.39, 0.29) is 5.78 Å². The molecular formula is C18H14BrNO2. The number of fused-ring (bicyclic) bond motifs is 1. The van der Waals surface area contributed by atoms with Crippen LogP contribution in [0.25, 0.3) is 10.9 Å². The van der Waals surface area contributed by atoms with Gasteiger partial charge in [0, 0.05) is 17.0 Å². The highest BCUT2D eigenvalue weighted by molar-refractivity contribution is 9.09. The Labute approximate surface area is 137 Å². The molecule has 0 bridgehead atoms. The third-order valence-electron chi connectivity index (χ3n) is 3.36. The molecule has 0 aliphatic rings. The molecule has 0 radical (unpaired) electrons. The quantitative estimate of drug-likeness (QED) is 0.503. The van der Waals surface area contributed by atoms with Gasteiger partial charge in [0.25, 0.3) is 0 Å². The number of hydrogen-bond acceptors (Lipinski definition) is 3. The van der Waals surface area contributed by atoms with E-state index in [1.54, 1.807) is 6.07 Å². The number of alkyl halides is 1. The fourth-order valence-electron chi connectivity index (χ4n) is 2.26. The van der Waals surface area contributed by atoms with Crippen LogP contribution in [0, 0.1) is 0 Å². The summed E-state index contributed by atoms with van der Waals surface area (Å²) < 4.78 is 5.72. The second-order valence-corrected chi connectivity index (χ2v) is 5.41. The summed E-state index contributed by atoms with van der Waals surface area (Å²) in [6.07, 6.45) is 0. The highest BCUT2D eigenvalue weighted by atomic mass is 79.9. The Morgan fingerprint density at radius 1 is 1.00 bits per heavy atom. The number of Topliss-reactive ketones (excluding diaryl/α,β-unsaturated/α-hetero) is 1. The first-order valence-corrected chi connectivity index (χ1v) is 8.06. The minimum absolute atomic E-state index is 0.0466. The Morgan fingerprint density at radius 3 is 2.59 bits per heavy atom. The van der Waals surface area contributed by atoms with Gasteiger partial charge in [-0.05, 0) is 17.7 Å². The molecule has 0 aliphatic heterocycles. The Kier molecular flexibility index (Phi) is 4.49. The van der Waals surface area contributed by atoms with Crippen molar-refractivity contribution in [1.29, 1.82) is 0 Å². The van der Waals surface area contributed by atoms with Crippen LogP contribution in [-0.4, -0.2) is 16.1 Å². The number of nitrogens with zero attached hydrogens (tertiary/aromatic N) is 1. The zero-order valence-electron chi connectivity index (χ0n) is 11.8. The van der Waals surface area contributed by atoms with Crippen LogP contribution in [0.2, 0.25) is 0 Å². The van der Waals surface area contributed by atoms with E-state index in [1.807, 2.05) is 54.6 Å². The van der Waals surface area contributed by atoms with Crippen LogP contribution in [0.15, 0.2) is 60.7 Å². The van der Waals surface area contributed by atoms with Crippen LogP contribution >= 0.6 is 15.9 Å². The number of rotatable bonds is 5. The molecule has 110 valence electrons. The van der Waals surface area contributed by atoms with Gasteiger partial charge in [0.15, 0.2) is 5.78 Å². The maximum absolute atomic E-state index is 11.9. The highest BCUT2D eigenvalue weighted by Crippen LogP contribution is 2.22. The molecule has 0 atom stereocenters. The monoisotopic (exact) mass is 355 g/mol. The number of carbonyl (C=O) groups is 1. The smallest absolute Gasteiger partial charge is 0.214 e. The van der Waals surface area contributed by atoms with Gasteiger partial charge in [0.2, 0.25) is 5.88 Å². The predicted molar refractivity (Wildman–Crippen MR) is 90.6 cm³/mol. The molecule has 1 aromatic heterocycles. The maximum Gasteiger partial charge on any atom is 0.214 e. The van der Waals surface area contributed by atoms with E-state index in [4.69, 9.17) is 4.74 Å². The number of halogens is 1. The van der Waals surface area contributed by atoms with Crippen molar-refractivity contribution in [2.75, 3.05) is 5.33 Å². The van der Waals surface area contributed by atoms with Gasteiger partial charge < -0.3 is 4.74 Å². The van der Waals surface area contributed by atoms with Crippen LogP contribution in [0.3, 0.4) is 0 Å². The number of carbonyl (C=O) groups excluding carboxylic acids is 1. The maximum atomic E-state index is 11.9. The molecule has 0 amide bonds. The number of pyridine rings is 1. The Morgan fingerprint density at radius 2 is 1.82 bits per heavy atom. The SMILES string of the molecule is O=C(CBr)c1cccc2nc(OCc3ccccc3)ccc12. The fourth-order valence-corrected chi connectivity index (χ4v) is 2.57. The van der Waals surface area contributed by atoms with E-state index >= 15 is 0 Å². The Bertz CT molecular complexity index is 803. The molecule has 0 unspecified atom stereocenters. The van der Waals surface area contributed by atoms with Gasteiger partial charge in [-0.2, -0.15) is 0 Å². The number of ketones is 1. The minimum atomic E-state index is 0.0466. The van der Waals surface area contributed by atoms with Crippen molar-refractivity contribution in [2.24, 2.45) is 0 Å². The Balaban J connectivity index is 1.86. The van der Waals surface area contributed by atoms with Crippen molar-refractivity contribution < 1.29 is 9.53 Å². The van der Waals surface area contributed by atoms with Crippen LogP contribution in [0.1, 0.15) is 15.9 Å². The van der Waals surface area contributed by atoms with Crippen molar-refractivity contribution in [3.05, 3.63) is 71.8 Å². The molecule has 0 fully saturated rings. The standard InChI is InChI=1S/C18H14BrNO2/c19-11-17(21)15-7-4-8-16-14(15)9-10-18(20-16)22-12-13-5-2-1-3-6-13/h1-10H,11-12H2. The number of ether oxygens (including phenoxy) is 1. The van der Waals surface area contributed by atoms with E-state index in [1.165, 1.54) is 0 Å². The molecule has 1 heterocycles. The first-order valence-electron chi connectivity index (χ1n) is 6.93. The molecule has 3 nitrogen and oxygen atoms in total. The molecule has 3 aromatic rings. The molecule has 3 rings (SSSR count). The zero-order valence-corrected chi connectivity index (χ0v) is 13.4. The Hall–Kier alpha value is -2.20. The van der Waals surface area contributed by atoms with Crippen molar-refractivity contribution in [1.82, 2.24) is 4.98 Å².